The molecule has 5 nitrogen and oxygen atoms in total. The number of hydrogen-bond donors (Lipinski definition) is 3. The SMILES string of the molecule is CN(C)c1cccc(NC(=O)NN)c1. The molecule has 0 aliphatic heterocycles. The molecule has 14 heavy (non-hydrogen) atoms. The molecule has 0 atom stereocenters. The highest BCUT2D eigenvalue weighted by Gasteiger charge is 2.00. The first-order valence-electron chi connectivity index (χ1n) is 4.18. The average molecular weight is 194 g/mol. The van der Waals surface area contributed by atoms with Gasteiger partial charge in [0.15, 0.2) is 0 Å². The van der Waals surface area contributed by atoms with Gasteiger partial charge in [0.1, 0.15) is 0 Å². The van der Waals surface area contributed by atoms with Crippen molar-refractivity contribution in [3.63, 3.8) is 0 Å². The van der Waals surface area contributed by atoms with Crippen molar-refractivity contribution in [2.45, 2.75) is 0 Å². The Balaban J connectivity index is 2.78. The molecule has 0 spiro atoms. The van der Waals surface area contributed by atoms with E-state index in [0.717, 1.165) is 5.69 Å². The molecule has 1 rings (SSSR count). The van der Waals surface area contributed by atoms with E-state index in [2.05, 4.69) is 5.32 Å². The number of carbonyl (C=O) groups is 1. The number of anilines is 2. The van der Waals surface area contributed by atoms with Crippen LogP contribution in [0.3, 0.4) is 0 Å². The largest absolute Gasteiger partial charge is 0.378 e. The van der Waals surface area contributed by atoms with E-state index in [-0.39, 0.29) is 0 Å². The van der Waals surface area contributed by atoms with Crippen molar-refractivity contribution in [3.05, 3.63) is 24.3 Å². The number of amides is 2. The average Bonchev–Trinajstić information content (AvgIpc) is 2.18. The molecule has 0 fully saturated rings. The highest BCUT2D eigenvalue weighted by molar-refractivity contribution is 5.89. The van der Waals surface area contributed by atoms with Crippen LogP contribution in [0.25, 0.3) is 0 Å². The van der Waals surface area contributed by atoms with Gasteiger partial charge in [0.2, 0.25) is 0 Å². The zero-order valence-corrected chi connectivity index (χ0v) is 8.24. The van der Waals surface area contributed by atoms with Gasteiger partial charge in [-0.05, 0) is 18.2 Å². The van der Waals surface area contributed by atoms with Crippen LogP contribution in [0.1, 0.15) is 0 Å². The number of nitrogens with one attached hydrogen (secondary N) is 2. The van der Waals surface area contributed by atoms with Crippen LogP contribution in [-0.4, -0.2) is 20.1 Å². The summed E-state index contributed by atoms with van der Waals surface area (Å²) in [5.74, 6) is 4.95. The maximum Gasteiger partial charge on any atom is 0.333 e. The van der Waals surface area contributed by atoms with Crippen molar-refractivity contribution in [3.8, 4) is 0 Å². The van der Waals surface area contributed by atoms with E-state index in [1.165, 1.54) is 0 Å². The summed E-state index contributed by atoms with van der Waals surface area (Å²) in [6, 6.07) is 7.03. The summed E-state index contributed by atoms with van der Waals surface area (Å²) < 4.78 is 0. The molecule has 76 valence electrons. The molecule has 0 aliphatic rings. The predicted molar refractivity (Wildman–Crippen MR) is 57.1 cm³/mol. The number of hydrazine groups is 1. The summed E-state index contributed by atoms with van der Waals surface area (Å²) in [7, 11) is 3.87. The second-order valence-electron chi connectivity index (χ2n) is 3.04. The second-order valence-corrected chi connectivity index (χ2v) is 3.04. The van der Waals surface area contributed by atoms with Gasteiger partial charge in [-0.15, -0.1) is 0 Å². The molecule has 0 saturated heterocycles. The molecule has 1 aromatic rings. The second kappa shape index (κ2) is 4.48. The van der Waals surface area contributed by atoms with Crippen molar-refractivity contribution in [1.29, 1.82) is 0 Å². The van der Waals surface area contributed by atoms with E-state index >= 15 is 0 Å². The molecule has 0 unspecified atom stereocenters. The fourth-order valence-electron chi connectivity index (χ4n) is 1.03. The summed E-state index contributed by atoms with van der Waals surface area (Å²) in [6.45, 7) is 0. The Morgan fingerprint density at radius 3 is 2.71 bits per heavy atom. The predicted octanol–water partition coefficient (Wildman–Crippen LogP) is 0.748. The van der Waals surface area contributed by atoms with Gasteiger partial charge in [-0.1, -0.05) is 6.07 Å². The summed E-state index contributed by atoms with van der Waals surface area (Å²) in [5.41, 5.74) is 3.72. The Morgan fingerprint density at radius 2 is 2.14 bits per heavy atom. The van der Waals surface area contributed by atoms with Crippen LogP contribution in [0.5, 0.6) is 0 Å². The van der Waals surface area contributed by atoms with Gasteiger partial charge in [0, 0.05) is 25.5 Å². The first-order chi connectivity index (χ1) is 6.63. The van der Waals surface area contributed by atoms with Gasteiger partial charge in [-0.2, -0.15) is 0 Å². The van der Waals surface area contributed by atoms with Gasteiger partial charge < -0.3 is 10.2 Å². The number of benzene rings is 1. The van der Waals surface area contributed by atoms with E-state index in [9.17, 15) is 4.79 Å². The molecule has 0 aliphatic carbocycles. The lowest BCUT2D eigenvalue weighted by Gasteiger charge is -2.13. The van der Waals surface area contributed by atoms with Crippen LogP contribution in [0.2, 0.25) is 0 Å². The van der Waals surface area contributed by atoms with Crippen LogP contribution < -0.4 is 21.5 Å². The number of carbonyl (C=O) groups excluding carboxylic acids is 1. The minimum absolute atomic E-state index is 0.430. The Kier molecular flexibility index (Phi) is 3.30. The summed E-state index contributed by atoms with van der Waals surface area (Å²) in [4.78, 5) is 12.9. The fraction of sp³-hybridized carbons (Fsp3) is 0.222. The third kappa shape index (κ3) is 2.63. The van der Waals surface area contributed by atoms with Gasteiger partial charge in [0.05, 0.1) is 0 Å². The Labute approximate surface area is 82.9 Å². The van der Waals surface area contributed by atoms with E-state index in [1.807, 2.05) is 42.6 Å². The normalized spacial score (nSPS) is 9.36. The van der Waals surface area contributed by atoms with Gasteiger partial charge in [-0.3, -0.25) is 5.43 Å². The lowest BCUT2D eigenvalue weighted by molar-refractivity contribution is 0.252. The first-order valence-corrected chi connectivity index (χ1v) is 4.18. The number of urea groups is 1. The lowest BCUT2D eigenvalue weighted by Crippen LogP contribution is -2.34. The van der Waals surface area contributed by atoms with Gasteiger partial charge in [-0.25, -0.2) is 10.6 Å². The Bertz CT molecular complexity index is 324. The third-order valence-electron chi connectivity index (χ3n) is 1.75. The molecule has 5 heteroatoms. The highest BCUT2D eigenvalue weighted by Crippen LogP contribution is 2.16. The van der Waals surface area contributed by atoms with Crippen molar-refractivity contribution >= 4 is 17.4 Å². The molecular weight excluding hydrogens is 180 g/mol. The molecule has 4 N–H and O–H groups in total. The summed E-state index contributed by atoms with van der Waals surface area (Å²) >= 11 is 0. The van der Waals surface area contributed by atoms with Crippen molar-refractivity contribution in [2.24, 2.45) is 5.84 Å². The van der Waals surface area contributed by atoms with Crippen LogP contribution in [0, 0.1) is 0 Å². The lowest BCUT2D eigenvalue weighted by atomic mass is 10.2. The maximum atomic E-state index is 10.9. The zero-order valence-electron chi connectivity index (χ0n) is 8.24. The highest BCUT2D eigenvalue weighted by atomic mass is 16.2. The zero-order chi connectivity index (χ0) is 10.6. The molecule has 0 aromatic heterocycles. The van der Waals surface area contributed by atoms with Crippen molar-refractivity contribution < 1.29 is 4.79 Å². The number of hydrogen-bond acceptors (Lipinski definition) is 3. The molecule has 0 radical (unpaired) electrons. The molecule has 0 saturated carbocycles. The monoisotopic (exact) mass is 194 g/mol. The molecule has 0 heterocycles. The van der Waals surface area contributed by atoms with Crippen molar-refractivity contribution in [2.75, 3.05) is 24.3 Å². The van der Waals surface area contributed by atoms with E-state index < -0.39 is 6.03 Å². The Hall–Kier alpha value is -1.75. The summed E-state index contributed by atoms with van der Waals surface area (Å²) in [6.07, 6.45) is 0. The number of rotatable bonds is 2. The maximum absolute atomic E-state index is 10.9. The minimum Gasteiger partial charge on any atom is -0.378 e. The number of nitrogens with zero attached hydrogens (tertiary/aromatic N) is 1. The van der Waals surface area contributed by atoms with Crippen LogP contribution in [-0.2, 0) is 0 Å². The van der Waals surface area contributed by atoms with Gasteiger partial charge in [0.25, 0.3) is 0 Å². The van der Waals surface area contributed by atoms with Crippen LogP contribution in [0.4, 0.5) is 16.2 Å². The third-order valence-corrected chi connectivity index (χ3v) is 1.75. The number of nitrogens with two attached hydrogens (primary N) is 1. The topological polar surface area (TPSA) is 70.4 Å². The first kappa shape index (κ1) is 10.3. The van der Waals surface area contributed by atoms with E-state index in [0.29, 0.717) is 5.69 Å². The quantitative estimate of drug-likeness (QED) is 0.369. The fourth-order valence-corrected chi connectivity index (χ4v) is 1.03. The van der Waals surface area contributed by atoms with Crippen LogP contribution in [0.15, 0.2) is 24.3 Å². The Morgan fingerprint density at radius 1 is 1.43 bits per heavy atom. The van der Waals surface area contributed by atoms with Gasteiger partial charge >= 0.3 is 6.03 Å². The molecule has 1 aromatic carbocycles. The van der Waals surface area contributed by atoms with E-state index in [4.69, 9.17) is 5.84 Å². The smallest absolute Gasteiger partial charge is 0.333 e. The molecule has 2 amide bonds. The molecule has 0 bridgehead atoms. The minimum atomic E-state index is -0.430. The molecular formula is C9H14N4O. The van der Waals surface area contributed by atoms with E-state index in [1.54, 1.807) is 6.07 Å². The summed E-state index contributed by atoms with van der Waals surface area (Å²) in [5, 5.41) is 2.59. The van der Waals surface area contributed by atoms with Crippen LogP contribution >= 0.6 is 0 Å². The van der Waals surface area contributed by atoms with Crippen molar-refractivity contribution in [1.82, 2.24) is 5.43 Å². The standard InChI is InChI=1S/C9H14N4O/c1-13(2)8-5-3-4-7(6-8)11-9(14)12-10/h3-6H,10H2,1-2H3,(H2,11,12,14).